The Morgan fingerprint density at radius 1 is 1.37 bits per heavy atom. The fourth-order valence-electron chi connectivity index (χ4n) is 1.79. The molecule has 0 spiro atoms. The summed E-state index contributed by atoms with van der Waals surface area (Å²) in [5.41, 5.74) is 2.34. The van der Waals surface area contributed by atoms with Crippen LogP contribution < -0.4 is 5.32 Å². The number of hydrogen-bond acceptors (Lipinski definition) is 4. The van der Waals surface area contributed by atoms with E-state index in [1.165, 1.54) is 7.11 Å². The smallest absolute Gasteiger partial charge is 0.338 e. The largest absolute Gasteiger partial charge is 0.465 e. The van der Waals surface area contributed by atoms with Gasteiger partial charge in [-0.3, -0.25) is 0 Å². The summed E-state index contributed by atoms with van der Waals surface area (Å²) < 4.78 is 11.1. The lowest BCUT2D eigenvalue weighted by Crippen LogP contribution is -2.07. The molecule has 1 aromatic heterocycles. The Labute approximate surface area is 125 Å². The minimum atomic E-state index is -0.325. The summed E-state index contributed by atoms with van der Waals surface area (Å²) in [5, 5.41) is 3.26. The van der Waals surface area contributed by atoms with Crippen LogP contribution in [0.2, 0.25) is 0 Å². The number of ether oxygens (including phenoxy) is 1. The molecule has 100 valence electrons. The predicted molar refractivity (Wildman–Crippen MR) is 81.3 cm³/mol. The number of methoxy groups -OCH3 is 1. The van der Waals surface area contributed by atoms with E-state index < -0.39 is 0 Å². The number of carbonyl (C=O) groups excluding carboxylic acids is 1. The highest BCUT2D eigenvalue weighted by molar-refractivity contribution is 14.1. The van der Waals surface area contributed by atoms with E-state index in [2.05, 4.69) is 27.9 Å². The maximum absolute atomic E-state index is 11.6. The van der Waals surface area contributed by atoms with E-state index >= 15 is 0 Å². The fourth-order valence-corrected chi connectivity index (χ4v) is 2.25. The Balaban J connectivity index is 2.14. The molecule has 0 unspecified atom stereocenters. The number of nitrogens with one attached hydrogen (secondary N) is 1. The second-order valence-corrected chi connectivity index (χ2v) is 5.09. The highest BCUT2D eigenvalue weighted by Gasteiger charge is 2.11. The lowest BCUT2D eigenvalue weighted by atomic mass is 10.1. The Bertz CT molecular complexity index is 592. The summed E-state index contributed by atoms with van der Waals surface area (Å²) in [5.74, 6) is 0.529. The van der Waals surface area contributed by atoms with E-state index in [9.17, 15) is 4.79 Å². The molecule has 0 radical (unpaired) electrons. The normalized spacial score (nSPS) is 10.3. The summed E-state index contributed by atoms with van der Waals surface area (Å²) in [4.78, 5) is 11.6. The van der Waals surface area contributed by atoms with Crippen molar-refractivity contribution in [3.05, 3.63) is 51.0 Å². The third-order valence-corrected chi connectivity index (χ3v) is 3.40. The quantitative estimate of drug-likeness (QED) is 0.659. The van der Waals surface area contributed by atoms with Gasteiger partial charge in [-0.2, -0.15) is 0 Å². The number of rotatable bonds is 4. The van der Waals surface area contributed by atoms with Crippen LogP contribution in [-0.2, 0) is 11.3 Å². The number of benzene rings is 1. The molecule has 1 heterocycles. The number of esters is 1. The van der Waals surface area contributed by atoms with E-state index in [1.54, 1.807) is 6.07 Å². The van der Waals surface area contributed by atoms with Crippen molar-refractivity contribution in [1.29, 1.82) is 0 Å². The monoisotopic (exact) mass is 371 g/mol. The molecule has 1 N–H and O–H groups in total. The molecule has 2 aromatic rings. The van der Waals surface area contributed by atoms with Crippen molar-refractivity contribution in [3.63, 3.8) is 0 Å². The van der Waals surface area contributed by atoms with Gasteiger partial charge in [-0.1, -0.05) is 6.07 Å². The predicted octanol–water partition coefficient (Wildman–Crippen LogP) is 3.59. The molecule has 19 heavy (non-hydrogen) atoms. The Morgan fingerprint density at radius 2 is 2.16 bits per heavy atom. The average molecular weight is 371 g/mol. The van der Waals surface area contributed by atoms with Gasteiger partial charge in [-0.05, 0) is 59.3 Å². The molecule has 0 saturated heterocycles. The van der Waals surface area contributed by atoms with E-state index in [0.29, 0.717) is 12.1 Å². The highest BCUT2D eigenvalue weighted by atomic mass is 127. The third-order valence-electron chi connectivity index (χ3n) is 2.82. The van der Waals surface area contributed by atoms with Crippen molar-refractivity contribution in [2.45, 2.75) is 13.5 Å². The molecule has 5 heteroatoms. The summed E-state index contributed by atoms with van der Waals surface area (Å²) in [6, 6.07) is 9.34. The Hall–Kier alpha value is -1.50. The summed E-state index contributed by atoms with van der Waals surface area (Å²) in [6.07, 6.45) is 0. The van der Waals surface area contributed by atoms with E-state index in [4.69, 9.17) is 9.15 Å². The zero-order valence-electron chi connectivity index (χ0n) is 10.7. The van der Waals surface area contributed by atoms with Gasteiger partial charge in [0.25, 0.3) is 0 Å². The maximum atomic E-state index is 11.6. The minimum Gasteiger partial charge on any atom is -0.465 e. The minimum absolute atomic E-state index is 0.325. The first-order valence-corrected chi connectivity index (χ1v) is 6.85. The first-order chi connectivity index (χ1) is 9.11. The Kier molecular flexibility index (Phi) is 4.47. The van der Waals surface area contributed by atoms with Crippen molar-refractivity contribution >= 4 is 34.2 Å². The second-order valence-electron chi connectivity index (χ2n) is 4.03. The zero-order valence-corrected chi connectivity index (χ0v) is 12.9. The summed E-state index contributed by atoms with van der Waals surface area (Å²) in [7, 11) is 1.38. The number of hydrogen-bond donors (Lipinski definition) is 1. The number of halogens is 1. The topological polar surface area (TPSA) is 51.5 Å². The molecule has 0 atom stereocenters. The van der Waals surface area contributed by atoms with Gasteiger partial charge < -0.3 is 14.5 Å². The van der Waals surface area contributed by atoms with Gasteiger partial charge in [-0.15, -0.1) is 0 Å². The van der Waals surface area contributed by atoms with Crippen LogP contribution >= 0.6 is 22.6 Å². The molecule has 2 rings (SSSR count). The van der Waals surface area contributed by atoms with Crippen molar-refractivity contribution in [2.24, 2.45) is 0 Å². The van der Waals surface area contributed by atoms with Crippen LogP contribution in [0.3, 0.4) is 0 Å². The number of furan rings is 1. The van der Waals surface area contributed by atoms with Crippen LogP contribution in [-0.4, -0.2) is 13.1 Å². The van der Waals surface area contributed by atoms with Crippen LogP contribution in [0.5, 0.6) is 0 Å². The van der Waals surface area contributed by atoms with Crippen molar-refractivity contribution in [1.82, 2.24) is 0 Å². The second kappa shape index (κ2) is 6.10. The van der Waals surface area contributed by atoms with Crippen LogP contribution in [0.25, 0.3) is 0 Å². The Morgan fingerprint density at radius 3 is 2.79 bits per heavy atom. The standard InChI is InChI=1S/C14H14INO3/c1-9-11(14(17)18-2)4-3-5-12(9)16-8-10-6-7-13(15)19-10/h3-7,16H,8H2,1-2H3. The molecule has 0 saturated carbocycles. The van der Waals surface area contributed by atoms with Gasteiger partial charge in [0.2, 0.25) is 0 Å². The van der Waals surface area contributed by atoms with Crippen molar-refractivity contribution < 1.29 is 13.9 Å². The number of carbonyl (C=O) groups is 1. The molecule has 0 bridgehead atoms. The molecule has 0 aliphatic rings. The van der Waals surface area contributed by atoms with E-state index in [1.807, 2.05) is 31.2 Å². The lowest BCUT2D eigenvalue weighted by Gasteiger charge is -2.11. The zero-order chi connectivity index (χ0) is 13.8. The van der Waals surface area contributed by atoms with Crippen LogP contribution in [0, 0.1) is 10.7 Å². The fraction of sp³-hybridized carbons (Fsp3) is 0.214. The first kappa shape index (κ1) is 13.9. The molecule has 1 aromatic carbocycles. The van der Waals surface area contributed by atoms with Gasteiger partial charge in [-0.25, -0.2) is 4.79 Å². The van der Waals surface area contributed by atoms with Crippen molar-refractivity contribution in [3.8, 4) is 0 Å². The van der Waals surface area contributed by atoms with Gasteiger partial charge in [0, 0.05) is 5.69 Å². The van der Waals surface area contributed by atoms with Gasteiger partial charge in [0.1, 0.15) is 5.76 Å². The summed E-state index contributed by atoms with van der Waals surface area (Å²) in [6.45, 7) is 2.47. The van der Waals surface area contributed by atoms with Crippen LogP contribution in [0.1, 0.15) is 21.7 Å². The molecule has 0 amide bonds. The molecule has 0 fully saturated rings. The lowest BCUT2D eigenvalue weighted by molar-refractivity contribution is 0.0600. The van der Waals surface area contributed by atoms with Crippen LogP contribution in [0.15, 0.2) is 34.7 Å². The van der Waals surface area contributed by atoms with E-state index in [0.717, 1.165) is 20.8 Å². The highest BCUT2D eigenvalue weighted by Crippen LogP contribution is 2.21. The van der Waals surface area contributed by atoms with Crippen molar-refractivity contribution in [2.75, 3.05) is 12.4 Å². The van der Waals surface area contributed by atoms with Gasteiger partial charge >= 0.3 is 5.97 Å². The number of anilines is 1. The molecular formula is C14H14INO3. The van der Waals surface area contributed by atoms with Gasteiger partial charge in [0.05, 0.1) is 19.2 Å². The van der Waals surface area contributed by atoms with E-state index in [-0.39, 0.29) is 5.97 Å². The molecule has 4 nitrogen and oxygen atoms in total. The molecule has 0 aliphatic heterocycles. The summed E-state index contributed by atoms with van der Waals surface area (Å²) >= 11 is 2.13. The molecular weight excluding hydrogens is 357 g/mol. The third kappa shape index (κ3) is 3.28. The SMILES string of the molecule is COC(=O)c1cccc(NCc2ccc(I)o2)c1C. The van der Waals surface area contributed by atoms with Crippen LogP contribution in [0.4, 0.5) is 5.69 Å². The average Bonchev–Trinajstić information content (AvgIpc) is 2.82. The maximum Gasteiger partial charge on any atom is 0.338 e. The van der Waals surface area contributed by atoms with Gasteiger partial charge in [0.15, 0.2) is 3.77 Å². The first-order valence-electron chi connectivity index (χ1n) is 5.78. The molecule has 0 aliphatic carbocycles.